The van der Waals surface area contributed by atoms with Gasteiger partial charge in [-0.1, -0.05) is 71.1 Å². The van der Waals surface area contributed by atoms with Crippen LogP contribution in [0.25, 0.3) is 0 Å². The number of esters is 1. The fourth-order valence-corrected chi connectivity index (χ4v) is 2.98. The Morgan fingerprint density at radius 2 is 1.37 bits per heavy atom. The average molecular weight is 426 g/mol. The normalized spacial score (nSPS) is 12.0. The zero-order chi connectivity index (χ0) is 19.0. The summed E-state index contributed by atoms with van der Waals surface area (Å²) in [5.74, 6) is -0.482. The third-order valence-corrected chi connectivity index (χ3v) is 4.45. The molecule has 0 aromatic heterocycles. The molecule has 0 radical (unpaired) electrons. The topological polar surface area (TPSA) is 119 Å². The molecule has 0 aliphatic carbocycles. The molecule has 1 atom stereocenters. The van der Waals surface area contributed by atoms with Crippen LogP contribution >= 0.6 is 7.82 Å². The van der Waals surface area contributed by atoms with E-state index >= 15 is 0 Å². The number of unbranched alkanes of at least 4 members (excludes halogenated alkanes) is 10. The van der Waals surface area contributed by atoms with Crippen LogP contribution in [0.2, 0.25) is 0 Å². The SMILES string of the molecule is CCCCCCCCCCCCCC(=O)OCC(CO)OP(=O)([O-])[O-].[Na+].[Na+]. The van der Waals surface area contributed by atoms with E-state index in [9.17, 15) is 19.1 Å². The summed E-state index contributed by atoms with van der Waals surface area (Å²) in [4.78, 5) is 32.4. The molecule has 0 aliphatic heterocycles. The summed E-state index contributed by atoms with van der Waals surface area (Å²) in [6, 6.07) is 0. The number of hydrogen-bond donors (Lipinski definition) is 1. The van der Waals surface area contributed by atoms with Crippen molar-refractivity contribution in [3.63, 3.8) is 0 Å². The van der Waals surface area contributed by atoms with E-state index in [2.05, 4.69) is 11.4 Å². The maximum absolute atomic E-state index is 11.5. The number of phosphoric ester groups is 1. The first-order valence-corrected chi connectivity index (χ1v) is 10.8. The summed E-state index contributed by atoms with van der Waals surface area (Å²) in [5.41, 5.74) is 0. The molecule has 0 aromatic rings. The minimum absolute atomic E-state index is 0. The quantitative estimate of drug-likeness (QED) is 0.111. The van der Waals surface area contributed by atoms with Gasteiger partial charge in [-0.25, -0.2) is 0 Å². The third kappa shape index (κ3) is 25.5. The van der Waals surface area contributed by atoms with Crippen molar-refractivity contribution in [2.75, 3.05) is 13.2 Å². The Bertz CT molecular complexity index is 380. The molecule has 10 heteroatoms. The Morgan fingerprint density at radius 3 is 1.78 bits per heavy atom. The third-order valence-electron chi connectivity index (χ3n) is 3.90. The molecule has 0 aliphatic rings. The van der Waals surface area contributed by atoms with Crippen LogP contribution in [0.5, 0.6) is 0 Å². The van der Waals surface area contributed by atoms with Gasteiger partial charge in [-0.2, -0.15) is 0 Å². The minimum Gasteiger partial charge on any atom is -0.790 e. The van der Waals surface area contributed by atoms with Crippen molar-refractivity contribution in [1.82, 2.24) is 0 Å². The molecular formula is C17H33Na2O7P. The number of carbonyl (C=O) groups excluding carboxylic acids is 1. The van der Waals surface area contributed by atoms with Gasteiger partial charge in [-0.3, -0.25) is 4.79 Å². The van der Waals surface area contributed by atoms with Gasteiger partial charge in [0.1, 0.15) is 12.7 Å². The van der Waals surface area contributed by atoms with E-state index < -0.39 is 33.1 Å². The maximum Gasteiger partial charge on any atom is 1.00 e. The molecule has 27 heavy (non-hydrogen) atoms. The Labute approximate surface area is 208 Å². The van der Waals surface area contributed by atoms with E-state index in [0.29, 0.717) is 6.42 Å². The Hall–Kier alpha value is 1.54. The van der Waals surface area contributed by atoms with Crippen LogP contribution in [0.3, 0.4) is 0 Å². The van der Waals surface area contributed by atoms with Gasteiger partial charge in [0.25, 0.3) is 0 Å². The number of carbonyl (C=O) groups is 1. The van der Waals surface area contributed by atoms with Gasteiger partial charge >= 0.3 is 65.1 Å². The van der Waals surface area contributed by atoms with E-state index in [4.69, 9.17) is 9.84 Å². The molecule has 0 rings (SSSR count). The summed E-state index contributed by atoms with van der Waals surface area (Å²) in [7, 11) is -5.20. The van der Waals surface area contributed by atoms with Crippen LogP contribution in [0.4, 0.5) is 0 Å². The molecule has 0 fully saturated rings. The van der Waals surface area contributed by atoms with Crippen molar-refractivity contribution in [1.29, 1.82) is 0 Å². The molecule has 0 saturated carbocycles. The molecule has 1 unspecified atom stereocenters. The molecule has 0 saturated heterocycles. The fourth-order valence-electron chi connectivity index (χ4n) is 2.49. The molecule has 0 amide bonds. The zero-order valence-electron chi connectivity index (χ0n) is 17.3. The predicted molar refractivity (Wildman–Crippen MR) is 91.6 cm³/mol. The van der Waals surface area contributed by atoms with Gasteiger partial charge in [0, 0.05) is 6.42 Å². The molecule has 150 valence electrons. The summed E-state index contributed by atoms with van der Waals surface area (Å²) in [5, 5.41) is 8.86. The van der Waals surface area contributed by atoms with Crippen molar-refractivity contribution >= 4 is 13.8 Å². The van der Waals surface area contributed by atoms with Crippen molar-refractivity contribution in [2.24, 2.45) is 0 Å². The summed E-state index contributed by atoms with van der Waals surface area (Å²) >= 11 is 0. The van der Waals surface area contributed by atoms with E-state index in [1.54, 1.807) is 0 Å². The van der Waals surface area contributed by atoms with Crippen LogP contribution in [0.15, 0.2) is 0 Å². The second kappa shape index (κ2) is 22.2. The number of ether oxygens (including phenoxy) is 1. The Kier molecular flexibility index (Phi) is 27.3. The number of aliphatic hydroxyl groups excluding tert-OH is 1. The van der Waals surface area contributed by atoms with E-state index in [1.807, 2.05) is 0 Å². The molecule has 7 nitrogen and oxygen atoms in total. The van der Waals surface area contributed by atoms with Crippen LogP contribution < -0.4 is 68.9 Å². The van der Waals surface area contributed by atoms with Crippen LogP contribution in [-0.4, -0.2) is 30.4 Å². The summed E-state index contributed by atoms with van der Waals surface area (Å²) in [6.07, 6.45) is 11.9. The van der Waals surface area contributed by atoms with Crippen molar-refractivity contribution in [2.45, 2.75) is 90.1 Å². The molecule has 1 N–H and O–H groups in total. The number of aliphatic hydroxyl groups is 1. The van der Waals surface area contributed by atoms with Crippen LogP contribution in [0.1, 0.15) is 84.0 Å². The first-order chi connectivity index (χ1) is 11.9. The van der Waals surface area contributed by atoms with E-state index in [1.165, 1.54) is 51.4 Å². The zero-order valence-corrected chi connectivity index (χ0v) is 22.2. The molecular weight excluding hydrogens is 393 g/mol. The van der Waals surface area contributed by atoms with Crippen molar-refractivity contribution in [3.8, 4) is 0 Å². The van der Waals surface area contributed by atoms with Gasteiger partial charge in [0.15, 0.2) is 0 Å². The summed E-state index contributed by atoms with van der Waals surface area (Å²) in [6.45, 7) is 1.06. The average Bonchev–Trinajstić information content (AvgIpc) is 2.55. The standard InChI is InChI=1S/C17H35O7P.2Na/c1-2-3-4-5-6-7-8-9-10-11-12-13-17(19)23-15-16(14-18)24-25(20,21)22;;/h16,18H,2-15H2,1H3,(H2,20,21,22);;/q;2*+1/p-2. The number of rotatable bonds is 17. The van der Waals surface area contributed by atoms with Crippen LogP contribution in [-0.2, 0) is 18.6 Å². The smallest absolute Gasteiger partial charge is 0.790 e. The second-order valence-corrected chi connectivity index (χ2v) is 7.43. The monoisotopic (exact) mass is 426 g/mol. The fraction of sp³-hybridized carbons (Fsp3) is 0.941. The number of hydrogen-bond acceptors (Lipinski definition) is 7. The van der Waals surface area contributed by atoms with Gasteiger partial charge in [-0.15, -0.1) is 0 Å². The van der Waals surface area contributed by atoms with Gasteiger partial charge in [-0.05, 0) is 6.42 Å². The molecule has 0 heterocycles. The van der Waals surface area contributed by atoms with E-state index in [-0.39, 0.29) is 65.5 Å². The van der Waals surface area contributed by atoms with Gasteiger partial charge in [0.05, 0.1) is 14.4 Å². The number of phosphoric acid groups is 1. The Morgan fingerprint density at radius 1 is 0.926 bits per heavy atom. The summed E-state index contributed by atoms with van der Waals surface area (Å²) < 4.78 is 19.3. The first-order valence-electron chi connectivity index (χ1n) is 9.36. The van der Waals surface area contributed by atoms with Gasteiger partial charge < -0.3 is 28.7 Å². The molecule has 0 aromatic carbocycles. The largest absolute Gasteiger partial charge is 1.00 e. The minimum atomic E-state index is -5.20. The van der Waals surface area contributed by atoms with E-state index in [0.717, 1.165) is 12.8 Å². The second-order valence-electron chi connectivity index (χ2n) is 6.33. The van der Waals surface area contributed by atoms with Gasteiger partial charge in [0.2, 0.25) is 0 Å². The van der Waals surface area contributed by atoms with Crippen molar-refractivity contribution in [3.05, 3.63) is 0 Å². The predicted octanol–water partition coefficient (Wildman–Crippen LogP) is -3.56. The molecule has 0 bridgehead atoms. The Balaban J connectivity index is -0.00000288. The molecule has 0 spiro atoms. The van der Waals surface area contributed by atoms with Crippen molar-refractivity contribution < 1.29 is 92.6 Å². The first kappa shape index (κ1) is 33.2. The maximum atomic E-state index is 11.5. The van der Waals surface area contributed by atoms with Crippen LogP contribution in [0, 0.1) is 0 Å².